The predicted octanol–water partition coefficient (Wildman–Crippen LogP) is 3.14. The molecule has 0 bridgehead atoms. The Hall–Kier alpha value is -3.74. The Morgan fingerprint density at radius 1 is 1.03 bits per heavy atom. The lowest BCUT2D eigenvalue weighted by Gasteiger charge is -2.10. The van der Waals surface area contributed by atoms with Gasteiger partial charge in [0.2, 0.25) is 5.90 Å². The highest BCUT2D eigenvalue weighted by molar-refractivity contribution is 6.01. The number of nitrogens with zero attached hydrogens (tertiary/aromatic N) is 3. The predicted molar refractivity (Wildman–Crippen MR) is 108 cm³/mol. The fourth-order valence-electron chi connectivity index (χ4n) is 3.19. The van der Waals surface area contributed by atoms with E-state index in [4.69, 9.17) is 14.2 Å². The van der Waals surface area contributed by atoms with Gasteiger partial charge < -0.3 is 14.2 Å². The van der Waals surface area contributed by atoms with E-state index in [9.17, 15) is 4.79 Å². The third-order valence-corrected chi connectivity index (χ3v) is 4.61. The molecule has 1 atom stereocenters. The number of rotatable bonds is 7. The van der Waals surface area contributed by atoms with E-state index >= 15 is 0 Å². The maximum absolute atomic E-state index is 10.4. The number of hydrogen-bond donors (Lipinski definition) is 0. The highest BCUT2D eigenvalue weighted by Crippen LogP contribution is 2.30. The van der Waals surface area contributed by atoms with Crippen molar-refractivity contribution in [3.05, 3.63) is 66.5 Å². The van der Waals surface area contributed by atoms with Gasteiger partial charge in [0, 0.05) is 5.56 Å². The highest BCUT2D eigenvalue weighted by atomic mass is 16.5. The second-order valence-corrected chi connectivity index (χ2v) is 6.46. The first-order valence-corrected chi connectivity index (χ1v) is 9.10. The lowest BCUT2D eigenvalue weighted by atomic mass is 9.97. The van der Waals surface area contributed by atoms with Crippen LogP contribution in [0.1, 0.15) is 5.56 Å². The second-order valence-electron chi connectivity index (χ2n) is 6.46. The van der Waals surface area contributed by atoms with Crippen LogP contribution in [0.3, 0.4) is 0 Å². The molecule has 0 radical (unpaired) electrons. The first-order chi connectivity index (χ1) is 14.3. The largest absolute Gasteiger partial charge is 0.497 e. The van der Waals surface area contributed by atoms with E-state index in [-0.39, 0.29) is 12.6 Å². The average molecular weight is 389 g/mol. The molecule has 7 heteroatoms. The number of hydrogen-bond acceptors (Lipinski definition) is 7. The van der Waals surface area contributed by atoms with Crippen molar-refractivity contribution in [2.24, 2.45) is 4.99 Å². The Labute approximate surface area is 168 Å². The third-order valence-electron chi connectivity index (χ3n) is 4.61. The van der Waals surface area contributed by atoms with Gasteiger partial charge in [-0.2, -0.15) is 10.2 Å². The molecule has 4 rings (SSSR count). The zero-order valence-corrected chi connectivity index (χ0v) is 15.8. The molecule has 2 heterocycles. The van der Waals surface area contributed by atoms with Crippen molar-refractivity contribution in [3.63, 3.8) is 0 Å². The van der Waals surface area contributed by atoms with Gasteiger partial charge in [-0.1, -0.05) is 30.3 Å². The lowest BCUT2D eigenvalue weighted by Crippen LogP contribution is -2.13. The molecule has 0 saturated heterocycles. The standard InChI is InChI=1S/C22H19N3O4/c1-27-19-7-3-5-16(9-19)15-4-2-6-17(8-15)20-10-23-24-11-21(20)22-25-18(13-29-22)12-28-14-26/h2-11,14,18H,12-13H2,1H3. The van der Waals surface area contributed by atoms with E-state index in [2.05, 4.69) is 21.3 Å². The van der Waals surface area contributed by atoms with Gasteiger partial charge in [-0.25, -0.2) is 4.99 Å². The quantitative estimate of drug-likeness (QED) is 0.578. The van der Waals surface area contributed by atoms with Crippen molar-refractivity contribution in [3.8, 4) is 28.0 Å². The van der Waals surface area contributed by atoms with Crippen molar-refractivity contribution >= 4 is 12.4 Å². The Morgan fingerprint density at radius 2 is 1.76 bits per heavy atom. The van der Waals surface area contributed by atoms with E-state index in [1.807, 2.05) is 42.5 Å². The Kier molecular flexibility index (Phi) is 5.47. The number of aromatic nitrogens is 2. The fraction of sp³-hybridized carbons (Fsp3) is 0.182. The van der Waals surface area contributed by atoms with Crippen molar-refractivity contribution in [1.29, 1.82) is 0 Å². The minimum atomic E-state index is -0.223. The molecule has 29 heavy (non-hydrogen) atoms. The smallest absolute Gasteiger partial charge is 0.293 e. The summed E-state index contributed by atoms with van der Waals surface area (Å²) in [6.45, 7) is 0.956. The maximum Gasteiger partial charge on any atom is 0.293 e. The summed E-state index contributed by atoms with van der Waals surface area (Å²) >= 11 is 0. The van der Waals surface area contributed by atoms with Crippen LogP contribution in [-0.4, -0.2) is 48.9 Å². The van der Waals surface area contributed by atoms with Crippen LogP contribution in [0.4, 0.5) is 0 Å². The van der Waals surface area contributed by atoms with Crippen molar-refractivity contribution in [2.75, 3.05) is 20.3 Å². The molecule has 0 saturated carbocycles. The first kappa shape index (κ1) is 18.6. The average Bonchev–Trinajstić information content (AvgIpc) is 3.26. The number of ether oxygens (including phenoxy) is 3. The summed E-state index contributed by atoms with van der Waals surface area (Å²) in [7, 11) is 1.65. The zero-order valence-electron chi connectivity index (χ0n) is 15.8. The number of aliphatic imine (C=N–C) groups is 1. The number of methoxy groups -OCH3 is 1. The van der Waals surface area contributed by atoms with Crippen LogP contribution in [0.5, 0.6) is 5.75 Å². The van der Waals surface area contributed by atoms with Crippen LogP contribution < -0.4 is 4.74 Å². The summed E-state index contributed by atoms with van der Waals surface area (Å²) in [5.41, 5.74) is 4.68. The molecule has 1 unspecified atom stereocenters. The van der Waals surface area contributed by atoms with Crippen LogP contribution in [-0.2, 0) is 14.3 Å². The van der Waals surface area contributed by atoms with E-state index in [1.54, 1.807) is 19.5 Å². The van der Waals surface area contributed by atoms with E-state index in [1.165, 1.54) is 0 Å². The monoisotopic (exact) mass is 389 g/mol. The molecule has 1 aliphatic heterocycles. The van der Waals surface area contributed by atoms with Crippen LogP contribution in [0.2, 0.25) is 0 Å². The van der Waals surface area contributed by atoms with Gasteiger partial charge in [-0.3, -0.25) is 4.79 Å². The minimum absolute atomic E-state index is 0.187. The number of carbonyl (C=O) groups excluding carboxylic acids is 1. The molecule has 3 aromatic rings. The summed E-state index contributed by atoms with van der Waals surface area (Å²) in [6.07, 6.45) is 3.33. The third kappa shape index (κ3) is 4.08. The van der Waals surface area contributed by atoms with Gasteiger partial charge in [-0.05, 0) is 34.9 Å². The van der Waals surface area contributed by atoms with Crippen molar-refractivity contribution in [1.82, 2.24) is 10.2 Å². The summed E-state index contributed by atoms with van der Waals surface area (Å²) in [5, 5.41) is 8.03. The topological polar surface area (TPSA) is 82.9 Å². The number of carbonyl (C=O) groups is 1. The van der Waals surface area contributed by atoms with E-state index in [0.29, 0.717) is 19.0 Å². The molecule has 7 nitrogen and oxygen atoms in total. The summed E-state index contributed by atoms with van der Waals surface area (Å²) in [5.74, 6) is 1.28. The Balaban J connectivity index is 1.69. The van der Waals surface area contributed by atoms with Gasteiger partial charge in [-0.15, -0.1) is 0 Å². The van der Waals surface area contributed by atoms with Crippen molar-refractivity contribution in [2.45, 2.75) is 6.04 Å². The van der Waals surface area contributed by atoms with E-state index < -0.39 is 0 Å². The number of benzene rings is 2. The Bertz CT molecular complexity index is 1050. The molecule has 0 amide bonds. The zero-order chi connectivity index (χ0) is 20.1. The van der Waals surface area contributed by atoms with Gasteiger partial charge in [0.15, 0.2) is 0 Å². The van der Waals surface area contributed by atoms with Crippen LogP contribution in [0.25, 0.3) is 22.3 Å². The van der Waals surface area contributed by atoms with Crippen LogP contribution in [0.15, 0.2) is 65.9 Å². The molecule has 0 N–H and O–H groups in total. The Morgan fingerprint density at radius 3 is 2.55 bits per heavy atom. The molecular weight excluding hydrogens is 370 g/mol. The van der Waals surface area contributed by atoms with Crippen LogP contribution >= 0.6 is 0 Å². The molecular formula is C22H19N3O4. The normalized spacial score (nSPS) is 15.3. The summed E-state index contributed by atoms with van der Waals surface area (Å²) in [6, 6.07) is 15.8. The van der Waals surface area contributed by atoms with Crippen LogP contribution in [0, 0.1) is 0 Å². The highest BCUT2D eigenvalue weighted by Gasteiger charge is 2.23. The molecule has 146 valence electrons. The molecule has 0 aliphatic carbocycles. The van der Waals surface area contributed by atoms with E-state index in [0.717, 1.165) is 33.6 Å². The molecule has 2 aromatic carbocycles. The SMILES string of the molecule is COc1cccc(-c2cccc(-c3cnncc3C3=NC(COC=O)CO3)c2)c1. The minimum Gasteiger partial charge on any atom is -0.497 e. The molecule has 1 aliphatic rings. The maximum atomic E-state index is 10.4. The van der Waals surface area contributed by atoms with Gasteiger partial charge in [0.05, 0.1) is 25.1 Å². The fourth-order valence-corrected chi connectivity index (χ4v) is 3.19. The second kappa shape index (κ2) is 8.52. The molecule has 0 fully saturated rings. The van der Waals surface area contributed by atoms with Gasteiger partial charge >= 0.3 is 0 Å². The molecule has 1 aromatic heterocycles. The van der Waals surface area contributed by atoms with Crippen molar-refractivity contribution < 1.29 is 19.0 Å². The lowest BCUT2D eigenvalue weighted by molar-refractivity contribution is -0.129. The molecule has 0 spiro atoms. The van der Waals surface area contributed by atoms with Gasteiger partial charge in [0.25, 0.3) is 6.47 Å². The first-order valence-electron chi connectivity index (χ1n) is 9.10. The summed E-state index contributed by atoms with van der Waals surface area (Å²) in [4.78, 5) is 14.9. The summed E-state index contributed by atoms with van der Waals surface area (Å²) < 4.78 is 15.9. The van der Waals surface area contributed by atoms with Gasteiger partial charge in [0.1, 0.15) is 25.0 Å².